The van der Waals surface area contributed by atoms with Crippen molar-refractivity contribution < 1.29 is 9.72 Å². The average Bonchev–Trinajstić information content (AvgIpc) is 2.48. The number of hydrogen-bond donors (Lipinski definition) is 2. The second kappa shape index (κ2) is 7.35. The number of benzene rings is 1. The Morgan fingerprint density at radius 2 is 2.09 bits per heavy atom. The van der Waals surface area contributed by atoms with E-state index in [0.717, 1.165) is 6.42 Å². The lowest BCUT2D eigenvalue weighted by molar-refractivity contribution is -0.385. The first kappa shape index (κ1) is 16.4. The van der Waals surface area contributed by atoms with Crippen LogP contribution in [0.5, 0.6) is 0 Å². The second-order valence-electron chi connectivity index (χ2n) is 6.06. The monoisotopic (exact) mass is 305 g/mol. The van der Waals surface area contributed by atoms with Crippen LogP contribution in [0.15, 0.2) is 18.2 Å². The molecule has 0 radical (unpaired) electrons. The summed E-state index contributed by atoms with van der Waals surface area (Å²) in [6.45, 7) is 4.12. The molecule has 6 nitrogen and oxygen atoms in total. The van der Waals surface area contributed by atoms with Crippen LogP contribution >= 0.6 is 0 Å². The summed E-state index contributed by atoms with van der Waals surface area (Å²) in [6.07, 6.45) is 4.76. The van der Waals surface area contributed by atoms with Crippen LogP contribution in [-0.4, -0.2) is 23.4 Å². The lowest BCUT2D eigenvalue weighted by atomic mass is 9.86. The van der Waals surface area contributed by atoms with Crippen molar-refractivity contribution in [2.45, 2.75) is 45.6 Å². The van der Waals surface area contributed by atoms with E-state index in [1.165, 1.54) is 25.3 Å². The van der Waals surface area contributed by atoms with Gasteiger partial charge < -0.3 is 10.6 Å². The van der Waals surface area contributed by atoms with E-state index < -0.39 is 4.92 Å². The van der Waals surface area contributed by atoms with Crippen LogP contribution in [0.4, 0.5) is 11.4 Å². The van der Waals surface area contributed by atoms with E-state index in [1.54, 1.807) is 19.1 Å². The molecular formula is C16H23N3O3. The Balaban J connectivity index is 1.89. The molecule has 0 spiro atoms. The Hall–Kier alpha value is -1.95. The molecule has 1 aliphatic rings. The molecule has 1 saturated carbocycles. The smallest absolute Gasteiger partial charge is 0.274 e. The molecular weight excluding hydrogens is 282 g/mol. The van der Waals surface area contributed by atoms with Crippen LogP contribution in [-0.2, 0) is 4.79 Å². The third kappa shape index (κ3) is 4.27. The third-order valence-electron chi connectivity index (χ3n) is 4.33. The zero-order chi connectivity index (χ0) is 16.1. The van der Waals surface area contributed by atoms with Crippen LogP contribution in [0.3, 0.4) is 0 Å². The summed E-state index contributed by atoms with van der Waals surface area (Å²) in [5, 5.41) is 16.9. The number of carbonyl (C=O) groups is 1. The van der Waals surface area contributed by atoms with Crippen molar-refractivity contribution >= 4 is 17.3 Å². The molecule has 1 aromatic rings. The third-order valence-corrected chi connectivity index (χ3v) is 4.33. The van der Waals surface area contributed by atoms with E-state index >= 15 is 0 Å². The maximum absolute atomic E-state index is 12.0. The van der Waals surface area contributed by atoms with Crippen LogP contribution in [0.25, 0.3) is 0 Å². The average molecular weight is 305 g/mol. The molecule has 1 aliphatic carbocycles. The van der Waals surface area contributed by atoms with Crippen molar-refractivity contribution in [1.82, 2.24) is 5.32 Å². The zero-order valence-electron chi connectivity index (χ0n) is 13.1. The molecule has 1 fully saturated rings. The lowest BCUT2D eigenvalue weighted by Gasteiger charge is -2.29. The molecule has 2 unspecified atom stereocenters. The van der Waals surface area contributed by atoms with Gasteiger partial charge in [-0.05, 0) is 31.7 Å². The lowest BCUT2D eigenvalue weighted by Crippen LogP contribution is -2.41. The van der Waals surface area contributed by atoms with Gasteiger partial charge in [0, 0.05) is 23.4 Å². The fourth-order valence-corrected chi connectivity index (χ4v) is 2.93. The number of amides is 1. The molecule has 0 bridgehead atoms. The first-order chi connectivity index (χ1) is 10.5. The second-order valence-corrected chi connectivity index (χ2v) is 6.06. The minimum Gasteiger partial charge on any atom is -0.325 e. The highest BCUT2D eigenvalue weighted by Crippen LogP contribution is 2.24. The topological polar surface area (TPSA) is 84.3 Å². The number of aryl methyl sites for hydroxylation is 1. The quantitative estimate of drug-likeness (QED) is 0.647. The standard InChI is InChI=1S/C16H23N3O3/c1-11-5-3-4-6-14(11)17-10-16(20)18-13-8-7-12(2)15(9-13)19(21)22/h7-9,11,14,17H,3-6,10H2,1-2H3,(H,18,20). The summed E-state index contributed by atoms with van der Waals surface area (Å²) in [5.74, 6) is 0.415. The summed E-state index contributed by atoms with van der Waals surface area (Å²) >= 11 is 0. The summed E-state index contributed by atoms with van der Waals surface area (Å²) in [4.78, 5) is 22.5. The minimum atomic E-state index is -0.438. The van der Waals surface area contributed by atoms with E-state index in [2.05, 4.69) is 17.6 Å². The largest absolute Gasteiger partial charge is 0.325 e. The molecule has 0 aliphatic heterocycles. The first-order valence-corrected chi connectivity index (χ1v) is 7.75. The van der Waals surface area contributed by atoms with Crippen LogP contribution in [0, 0.1) is 23.0 Å². The molecule has 2 N–H and O–H groups in total. The van der Waals surface area contributed by atoms with Crippen molar-refractivity contribution in [3.63, 3.8) is 0 Å². The van der Waals surface area contributed by atoms with Crippen molar-refractivity contribution in [3.8, 4) is 0 Å². The van der Waals surface area contributed by atoms with Gasteiger partial charge in [-0.3, -0.25) is 14.9 Å². The molecule has 0 saturated heterocycles. The number of carbonyl (C=O) groups excluding carboxylic acids is 1. The van der Waals surface area contributed by atoms with Gasteiger partial charge in [0.25, 0.3) is 5.69 Å². The molecule has 1 amide bonds. The van der Waals surface area contributed by atoms with Gasteiger partial charge >= 0.3 is 0 Å². The summed E-state index contributed by atoms with van der Waals surface area (Å²) < 4.78 is 0. The van der Waals surface area contributed by atoms with Gasteiger partial charge in [0.2, 0.25) is 5.91 Å². The van der Waals surface area contributed by atoms with Crippen LogP contribution < -0.4 is 10.6 Å². The Bertz CT molecular complexity index is 560. The van der Waals surface area contributed by atoms with E-state index in [9.17, 15) is 14.9 Å². The fraction of sp³-hybridized carbons (Fsp3) is 0.562. The van der Waals surface area contributed by atoms with Gasteiger partial charge in [0.05, 0.1) is 11.5 Å². The maximum Gasteiger partial charge on any atom is 0.274 e. The Labute approximate surface area is 130 Å². The normalized spacial score (nSPS) is 21.4. The summed E-state index contributed by atoms with van der Waals surface area (Å²) in [6, 6.07) is 5.11. The SMILES string of the molecule is Cc1ccc(NC(=O)CNC2CCCCC2C)cc1[N+](=O)[O-]. The Morgan fingerprint density at radius 3 is 2.77 bits per heavy atom. The molecule has 2 atom stereocenters. The van der Waals surface area contributed by atoms with E-state index in [0.29, 0.717) is 23.2 Å². The number of nitrogens with one attached hydrogen (secondary N) is 2. The maximum atomic E-state index is 12.0. The molecule has 6 heteroatoms. The highest BCUT2D eigenvalue weighted by molar-refractivity contribution is 5.92. The van der Waals surface area contributed by atoms with Crippen LogP contribution in [0.1, 0.15) is 38.2 Å². The zero-order valence-corrected chi connectivity index (χ0v) is 13.1. The minimum absolute atomic E-state index is 0.0201. The van der Waals surface area contributed by atoms with Crippen molar-refractivity contribution in [3.05, 3.63) is 33.9 Å². The summed E-state index contributed by atoms with van der Waals surface area (Å²) in [5.41, 5.74) is 1.06. The van der Waals surface area contributed by atoms with Crippen LogP contribution in [0.2, 0.25) is 0 Å². The van der Waals surface area contributed by atoms with Gasteiger partial charge in [-0.2, -0.15) is 0 Å². The first-order valence-electron chi connectivity index (χ1n) is 7.75. The fourth-order valence-electron chi connectivity index (χ4n) is 2.93. The van der Waals surface area contributed by atoms with Gasteiger partial charge in [-0.25, -0.2) is 0 Å². The van der Waals surface area contributed by atoms with Gasteiger partial charge in [-0.15, -0.1) is 0 Å². The molecule has 22 heavy (non-hydrogen) atoms. The van der Waals surface area contributed by atoms with Crippen molar-refractivity contribution in [2.75, 3.05) is 11.9 Å². The molecule has 0 heterocycles. The predicted molar refractivity (Wildman–Crippen MR) is 85.9 cm³/mol. The van der Waals surface area contributed by atoms with Gasteiger partial charge in [0.15, 0.2) is 0 Å². The van der Waals surface area contributed by atoms with E-state index in [4.69, 9.17) is 0 Å². The van der Waals surface area contributed by atoms with E-state index in [1.807, 2.05) is 0 Å². The number of nitro groups is 1. The number of nitro benzene ring substituents is 1. The summed E-state index contributed by atoms with van der Waals surface area (Å²) in [7, 11) is 0. The Morgan fingerprint density at radius 1 is 1.36 bits per heavy atom. The number of nitrogens with zero attached hydrogens (tertiary/aromatic N) is 1. The van der Waals surface area contributed by atoms with Crippen molar-refractivity contribution in [2.24, 2.45) is 5.92 Å². The number of anilines is 1. The number of hydrogen-bond acceptors (Lipinski definition) is 4. The van der Waals surface area contributed by atoms with Gasteiger partial charge in [0.1, 0.15) is 0 Å². The molecule has 120 valence electrons. The van der Waals surface area contributed by atoms with Gasteiger partial charge in [-0.1, -0.05) is 25.8 Å². The molecule has 1 aromatic carbocycles. The van der Waals surface area contributed by atoms with Crippen molar-refractivity contribution in [1.29, 1.82) is 0 Å². The molecule has 2 rings (SSSR count). The molecule has 0 aromatic heterocycles. The Kier molecular flexibility index (Phi) is 5.49. The highest BCUT2D eigenvalue weighted by atomic mass is 16.6. The highest BCUT2D eigenvalue weighted by Gasteiger charge is 2.21. The number of rotatable bonds is 5. The predicted octanol–water partition coefficient (Wildman–Crippen LogP) is 3.01. The van der Waals surface area contributed by atoms with E-state index in [-0.39, 0.29) is 18.1 Å².